The van der Waals surface area contributed by atoms with Crippen molar-refractivity contribution in [3.63, 3.8) is 0 Å². The minimum absolute atomic E-state index is 0.116. The molecule has 0 spiro atoms. The number of nitrogens with zero attached hydrogens (tertiary/aromatic N) is 1. The molecule has 0 saturated heterocycles. The molecule has 0 aromatic heterocycles. The fourth-order valence-corrected chi connectivity index (χ4v) is 1.72. The maximum Gasteiger partial charge on any atom is 0.148 e. The summed E-state index contributed by atoms with van der Waals surface area (Å²) in [4.78, 5) is 1.78. The molecule has 1 N–H and O–H groups in total. The molecule has 0 bridgehead atoms. The Morgan fingerprint density at radius 3 is 2.53 bits per heavy atom. The van der Waals surface area contributed by atoms with E-state index in [0.717, 1.165) is 0 Å². The standard InChI is InChI=1S/C9H21NO4S/c1-4-14-8-9(11)7-10(2)5-6-15(3,12)13/h9,11H,4-8H2,1-3H3. The average Bonchev–Trinajstić information content (AvgIpc) is 2.10. The second-order valence-corrected chi connectivity index (χ2v) is 5.97. The summed E-state index contributed by atoms with van der Waals surface area (Å²) in [6.07, 6.45) is 0.645. The number of rotatable bonds is 8. The van der Waals surface area contributed by atoms with E-state index in [-0.39, 0.29) is 5.75 Å². The largest absolute Gasteiger partial charge is 0.389 e. The van der Waals surface area contributed by atoms with E-state index in [0.29, 0.717) is 26.3 Å². The Morgan fingerprint density at radius 2 is 2.07 bits per heavy atom. The van der Waals surface area contributed by atoms with Gasteiger partial charge in [0.1, 0.15) is 9.84 Å². The van der Waals surface area contributed by atoms with E-state index < -0.39 is 15.9 Å². The lowest BCUT2D eigenvalue weighted by Gasteiger charge is -2.19. The number of hydrogen-bond donors (Lipinski definition) is 1. The molecule has 1 atom stereocenters. The highest BCUT2D eigenvalue weighted by Crippen LogP contribution is 1.92. The van der Waals surface area contributed by atoms with Crippen molar-refractivity contribution in [3.8, 4) is 0 Å². The molecule has 0 aromatic rings. The summed E-state index contributed by atoms with van der Waals surface area (Å²) in [6.45, 7) is 3.58. The first kappa shape index (κ1) is 14.8. The van der Waals surface area contributed by atoms with E-state index in [1.807, 2.05) is 6.92 Å². The lowest BCUT2D eigenvalue weighted by molar-refractivity contribution is 0.0265. The Balaban J connectivity index is 3.68. The van der Waals surface area contributed by atoms with Gasteiger partial charge in [0.25, 0.3) is 0 Å². The van der Waals surface area contributed by atoms with Crippen LogP contribution in [0.3, 0.4) is 0 Å². The van der Waals surface area contributed by atoms with Crippen LogP contribution in [0.25, 0.3) is 0 Å². The van der Waals surface area contributed by atoms with E-state index in [9.17, 15) is 13.5 Å². The summed E-state index contributed by atoms with van der Waals surface area (Å²) in [6, 6.07) is 0. The highest BCUT2D eigenvalue weighted by Gasteiger charge is 2.10. The zero-order valence-corrected chi connectivity index (χ0v) is 10.5. The maximum atomic E-state index is 10.9. The van der Waals surface area contributed by atoms with Crippen molar-refractivity contribution >= 4 is 9.84 Å². The van der Waals surface area contributed by atoms with Gasteiger partial charge < -0.3 is 14.7 Å². The Morgan fingerprint density at radius 1 is 1.47 bits per heavy atom. The van der Waals surface area contributed by atoms with E-state index in [4.69, 9.17) is 4.74 Å². The van der Waals surface area contributed by atoms with Gasteiger partial charge in [0, 0.05) is 26.0 Å². The quantitative estimate of drug-likeness (QED) is 0.610. The molecule has 1 unspecified atom stereocenters. The van der Waals surface area contributed by atoms with Gasteiger partial charge in [-0.2, -0.15) is 0 Å². The Labute approximate surface area is 92.0 Å². The Hall–Kier alpha value is -0.170. The first-order valence-electron chi connectivity index (χ1n) is 4.97. The average molecular weight is 239 g/mol. The molecule has 0 aliphatic carbocycles. The van der Waals surface area contributed by atoms with Crippen molar-refractivity contribution in [1.82, 2.24) is 4.90 Å². The highest BCUT2D eigenvalue weighted by atomic mass is 32.2. The number of ether oxygens (including phenoxy) is 1. The van der Waals surface area contributed by atoms with Gasteiger partial charge >= 0.3 is 0 Å². The first-order valence-corrected chi connectivity index (χ1v) is 7.03. The predicted octanol–water partition coefficient (Wildman–Crippen LogP) is -0.640. The molecule has 92 valence electrons. The van der Waals surface area contributed by atoms with Gasteiger partial charge in [-0.3, -0.25) is 0 Å². The van der Waals surface area contributed by atoms with E-state index in [2.05, 4.69) is 0 Å². The third-order valence-corrected chi connectivity index (χ3v) is 2.80. The van der Waals surface area contributed by atoms with Crippen LogP contribution >= 0.6 is 0 Å². The molecular formula is C9H21NO4S. The van der Waals surface area contributed by atoms with Crippen LogP contribution in [0.15, 0.2) is 0 Å². The van der Waals surface area contributed by atoms with Crippen molar-refractivity contribution in [3.05, 3.63) is 0 Å². The molecule has 0 rings (SSSR count). The molecule has 0 saturated carbocycles. The summed E-state index contributed by atoms with van der Waals surface area (Å²) in [5.41, 5.74) is 0. The van der Waals surface area contributed by atoms with Gasteiger partial charge in [0.15, 0.2) is 0 Å². The van der Waals surface area contributed by atoms with E-state index >= 15 is 0 Å². The van der Waals surface area contributed by atoms with Crippen LogP contribution in [0, 0.1) is 0 Å². The number of sulfone groups is 1. The zero-order valence-electron chi connectivity index (χ0n) is 9.64. The van der Waals surface area contributed by atoms with Crippen LogP contribution in [0.1, 0.15) is 6.92 Å². The third kappa shape index (κ3) is 10.1. The van der Waals surface area contributed by atoms with Crippen LogP contribution in [0.4, 0.5) is 0 Å². The van der Waals surface area contributed by atoms with Crippen molar-refractivity contribution in [2.45, 2.75) is 13.0 Å². The summed E-state index contributed by atoms with van der Waals surface area (Å²) in [7, 11) is -1.15. The molecule has 0 radical (unpaired) electrons. The number of aliphatic hydroxyl groups excluding tert-OH is 1. The Kier molecular flexibility index (Phi) is 7.08. The molecule has 0 amide bonds. The van der Waals surface area contributed by atoms with Crippen LogP contribution < -0.4 is 0 Å². The minimum Gasteiger partial charge on any atom is -0.389 e. The van der Waals surface area contributed by atoms with Crippen molar-refractivity contribution in [2.24, 2.45) is 0 Å². The van der Waals surface area contributed by atoms with Crippen LogP contribution in [-0.4, -0.2) is 69.9 Å². The summed E-state index contributed by atoms with van der Waals surface area (Å²) >= 11 is 0. The lowest BCUT2D eigenvalue weighted by Crippen LogP contribution is -2.35. The van der Waals surface area contributed by atoms with Crippen LogP contribution in [-0.2, 0) is 14.6 Å². The van der Waals surface area contributed by atoms with Crippen LogP contribution in [0.5, 0.6) is 0 Å². The monoisotopic (exact) mass is 239 g/mol. The van der Waals surface area contributed by atoms with Crippen LogP contribution in [0.2, 0.25) is 0 Å². The summed E-state index contributed by atoms with van der Waals surface area (Å²) in [5, 5.41) is 9.46. The van der Waals surface area contributed by atoms with Gasteiger partial charge in [0.05, 0.1) is 18.5 Å². The topological polar surface area (TPSA) is 66.8 Å². The molecule has 6 heteroatoms. The Bertz CT molecular complexity index is 253. The normalized spacial score (nSPS) is 14.5. The molecule has 0 aromatic carbocycles. The number of likely N-dealkylation sites (N-methyl/N-ethyl adjacent to an activating group) is 1. The third-order valence-electron chi connectivity index (χ3n) is 1.88. The zero-order chi connectivity index (χ0) is 11.9. The lowest BCUT2D eigenvalue weighted by atomic mass is 10.3. The molecule has 5 nitrogen and oxygen atoms in total. The predicted molar refractivity (Wildman–Crippen MR) is 59.7 cm³/mol. The van der Waals surface area contributed by atoms with Gasteiger partial charge in [0.2, 0.25) is 0 Å². The maximum absolute atomic E-state index is 10.9. The second-order valence-electron chi connectivity index (χ2n) is 3.71. The van der Waals surface area contributed by atoms with E-state index in [1.165, 1.54) is 6.26 Å². The minimum atomic E-state index is -2.93. The fraction of sp³-hybridized carbons (Fsp3) is 1.00. The molecular weight excluding hydrogens is 218 g/mol. The molecule has 0 aliphatic heterocycles. The SMILES string of the molecule is CCOCC(O)CN(C)CCS(C)(=O)=O. The summed E-state index contributed by atoms with van der Waals surface area (Å²) < 4.78 is 26.8. The molecule has 15 heavy (non-hydrogen) atoms. The van der Waals surface area contributed by atoms with Gasteiger partial charge in [-0.25, -0.2) is 8.42 Å². The number of hydrogen-bond acceptors (Lipinski definition) is 5. The van der Waals surface area contributed by atoms with Gasteiger partial charge in [-0.05, 0) is 14.0 Å². The van der Waals surface area contributed by atoms with Crippen molar-refractivity contribution in [1.29, 1.82) is 0 Å². The smallest absolute Gasteiger partial charge is 0.148 e. The molecule has 0 fully saturated rings. The van der Waals surface area contributed by atoms with E-state index in [1.54, 1.807) is 11.9 Å². The number of aliphatic hydroxyl groups is 1. The van der Waals surface area contributed by atoms with Gasteiger partial charge in [-0.1, -0.05) is 0 Å². The van der Waals surface area contributed by atoms with Gasteiger partial charge in [-0.15, -0.1) is 0 Å². The fourth-order valence-electron chi connectivity index (χ4n) is 1.08. The highest BCUT2D eigenvalue weighted by molar-refractivity contribution is 7.90. The molecule has 0 heterocycles. The van der Waals surface area contributed by atoms with Crippen molar-refractivity contribution in [2.75, 3.05) is 45.4 Å². The first-order chi connectivity index (χ1) is 6.85. The summed E-state index contributed by atoms with van der Waals surface area (Å²) in [5.74, 6) is 0.116. The molecule has 0 aliphatic rings. The second kappa shape index (κ2) is 7.16. The van der Waals surface area contributed by atoms with Crippen molar-refractivity contribution < 1.29 is 18.3 Å².